The topological polar surface area (TPSA) is 41.8 Å². The number of hydrogen-bond donors (Lipinski definition) is 2. The Morgan fingerprint density at radius 2 is 1.81 bits per heavy atom. The molecule has 0 fully saturated rings. The Labute approximate surface area is 96.9 Å². The average Bonchev–Trinajstić information content (AvgIpc) is 2.51. The fourth-order valence-electron chi connectivity index (χ4n) is 2.13. The molecule has 2 nitrogen and oxygen atoms in total. The third kappa shape index (κ3) is 1.74. The van der Waals surface area contributed by atoms with E-state index >= 15 is 0 Å². The van der Waals surface area contributed by atoms with Gasteiger partial charge >= 0.3 is 0 Å². The van der Waals surface area contributed by atoms with Crippen molar-refractivity contribution in [3.63, 3.8) is 0 Å². The van der Waals surface area contributed by atoms with Crippen LogP contribution in [0.3, 0.4) is 0 Å². The van der Waals surface area contributed by atoms with Crippen LogP contribution >= 0.6 is 0 Å². The van der Waals surface area contributed by atoms with E-state index in [9.17, 15) is 0 Å². The average molecular weight is 216 g/mol. The zero-order valence-electron chi connectivity index (χ0n) is 10.5. The fraction of sp³-hybridized carbons (Fsp3) is 0.429. The number of nitrogens with two attached hydrogens (primary N) is 1. The van der Waals surface area contributed by atoms with Crippen LogP contribution in [0.1, 0.15) is 38.1 Å². The van der Waals surface area contributed by atoms with Crippen LogP contribution in [0, 0.1) is 12.3 Å². The van der Waals surface area contributed by atoms with Crippen LogP contribution in [-0.4, -0.2) is 4.98 Å². The molecule has 1 aromatic heterocycles. The summed E-state index contributed by atoms with van der Waals surface area (Å²) in [6, 6.07) is 8.41. The molecule has 0 radical (unpaired) electrons. The Balaban J connectivity index is 2.64. The van der Waals surface area contributed by atoms with Crippen molar-refractivity contribution in [2.45, 2.75) is 33.7 Å². The molecular weight excluding hydrogens is 196 g/mol. The Bertz CT molecular complexity index is 503. The quantitative estimate of drug-likeness (QED) is 0.752. The Kier molecular flexibility index (Phi) is 2.55. The third-order valence-electron chi connectivity index (χ3n) is 3.19. The molecule has 2 aromatic rings. The van der Waals surface area contributed by atoms with Gasteiger partial charge in [0.15, 0.2) is 0 Å². The molecule has 1 heterocycles. The summed E-state index contributed by atoms with van der Waals surface area (Å²) in [7, 11) is 0. The van der Waals surface area contributed by atoms with Crippen LogP contribution in [0.25, 0.3) is 10.9 Å². The second-order valence-corrected chi connectivity index (χ2v) is 5.55. The van der Waals surface area contributed by atoms with Gasteiger partial charge in [-0.3, -0.25) is 0 Å². The minimum atomic E-state index is 0.0589. The molecule has 0 aliphatic heterocycles. The van der Waals surface area contributed by atoms with E-state index in [0.717, 1.165) is 0 Å². The standard InChI is InChI=1S/C14H20N2/c1-9-12(13(15)14(2,3)4)10-7-5-6-8-11(10)16-9/h5-8,13,16H,15H2,1-4H3/t13-/m1/s1. The maximum atomic E-state index is 6.36. The number of fused-ring (bicyclic) bond motifs is 1. The molecule has 0 saturated heterocycles. The van der Waals surface area contributed by atoms with Crippen molar-refractivity contribution in [3.05, 3.63) is 35.5 Å². The second kappa shape index (κ2) is 3.63. The number of rotatable bonds is 1. The summed E-state index contributed by atoms with van der Waals surface area (Å²) in [5.74, 6) is 0. The largest absolute Gasteiger partial charge is 0.358 e. The first-order valence-electron chi connectivity index (χ1n) is 5.74. The van der Waals surface area contributed by atoms with Crippen molar-refractivity contribution in [2.75, 3.05) is 0 Å². The van der Waals surface area contributed by atoms with Crippen molar-refractivity contribution in [1.82, 2.24) is 4.98 Å². The SMILES string of the molecule is Cc1[nH]c2ccccc2c1[C@@H](N)C(C)(C)C. The maximum absolute atomic E-state index is 6.36. The molecule has 0 aliphatic rings. The number of hydrogen-bond acceptors (Lipinski definition) is 1. The van der Waals surface area contributed by atoms with Gasteiger partial charge in [0.25, 0.3) is 0 Å². The third-order valence-corrected chi connectivity index (χ3v) is 3.19. The minimum absolute atomic E-state index is 0.0589. The molecule has 0 unspecified atom stereocenters. The summed E-state index contributed by atoms with van der Waals surface area (Å²) in [4.78, 5) is 3.40. The number of H-pyrrole nitrogens is 1. The van der Waals surface area contributed by atoms with Crippen LogP contribution in [-0.2, 0) is 0 Å². The van der Waals surface area contributed by atoms with Crippen molar-refractivity contribution < 1.29 is 0 Å². The lowest BCUT2D eigenvalue weighted by atomic mass is 9.82. The van der Waals surface area contributed by atoms with Gasteiger partial charge in [0.05, 0.1) is 0 Å². The first kappa shape index (κ1) is 11.2. The number of aromatic nitrogens is 1. The highest BCUT2D eigenvalue weighted by Gasteiger charge is 2.26. The zero-order valence-corrected chi connectivity index (χ0v) is 10.5. The lowest BCUT2D eigenvalue weighted by Gasteiger charge is -2.27. The first-order valence-corrected chi connectivity index (χ1v) is 5.74. The smallest absolute Gasteiger partial charge is 0.0459 e. The van der Waals surface area contributed by atoms with Gasteiger partial charge in [-0.25, -0.2) is 0 Å². The Hall–Kier alpha value is -1.28. The number of aromatic amines is 1. The second-order valence-electron chi connectivity index (χ2n) is 5.55. The molecule has 0 spiro atoms. The van der Waals surface area contributed by atoms with E-state index in [1.165, 1.54) is 22.2 Å². The van der Waals surface area contributed by atoms with Gasteiger partial charge < -0.3 is 10.7 Å². The lowest BCUT2D eigenvalue weighted by molar-refractivity contribution is 0.327. The number of para-hydroxylation sites is 1. The molecule has 1 aromatic carbocycles. The molecule has 2 rings (SSSR count). The van der Waals surface area contributed by atoms with Gasteiger partial charge in [-0.15, -0.1) is 0 Å². The highest BCUT2D eigenvalue weighted by Crippen LogP contribution is 2.36. The van der Waals surface area contributed by atoms with E-state index < -0.39 is 0 Å². The van der Waals surface area contributed by atoms with Crippen LogP contribution in [0.4, 0.5) is 0 Å². The molecule has 0 saturated carbocycles. The van der Waals surface area contributed by atoms with E-state index in [1.807, 2.05) is 6.07 Å². The van der Waals surface area contributed by atoms with Gasteiger partial charge in [0, 0.05) is 22.6 Å². The fourth-order valence-corrected chi connectivity index (χ4v) is 2.13. The summed E-state index contributed by atoms with van der Waals surface area (Å²) in [6.07, 6.45) is 0. The van der Waals surface area contributed by atoms with Gasteiger partial charge in [-0.2, -0.15) is 0 Å². The molecule has 16 heavy (non-hydrogen) atoms. The van der Waals surface area contributed by atoms with Crippen LogP contribution in [0.5, 0.6) is 0 Å². The van der Waals surface area contributed by atoms with Gasteiger partial charge in [0.2, 0.25) is 0 Å². The summed E-state index contributed by atoms with van der Waals surface area (Å²) in [5, 5.41) is 1.25. The van der Waals surface area contributed by atoms with E-state index in [-0.39, 0.29) is 11.5 Å². The number of benzene rings is 1. The summed E-state index contributed by atoms with van der Waals surface area (Å²) >= 11 is 0. The molecule has 3 N–H and O–H groups in total. The molecular formula is C14H20N2. The maximum Gasteiger partial charge on any atom is 0.0459 e. The first-order chi connectivity index (χ1) is 7.41. The molecule has 86 valence electrons. The lowest BCUT2D eigenvalue weighted by Crippen LogP contribution is -2.26. The summed E-state index contributed by atoms with van der Waals surface area (Å²) in [6.45, 7) is 8.64. The minimum Gasteiger partial charge on any atom is -0.358 e. The molecule has 1 atom stereocenters. The van der Waals surface area contributed by atoms with E-state index in [1.54, 1.807) is 0 Å². The highest BCUT2D eigenvalue weighted by atomic mass is 14.8. The van der Waals surface area contributed by atoms with E-state index in [0.29, 0.717) is 0 Å². The predicted molar refractivity (Wildman–Crippen MR) is 69.4 cm³/mol. The van der Waals surface area contributed by atoms with Crippen molar-refractivity contribution in [2.24, 2.45) is 11.1 Å². The van der Waals surface area contributed by atoms with Crippen LogP contribution in [0.15, 0.2) is 24.3 Å². The van der Waals surface area contributed by atoms with Crippen molar-refractivity contribution in [3.8, 4) is 0 Å². The normalized spacial score (nSPS) is 14.3. The zero-order chi connectivity index (χ0) is 11.9. The monoisotopic (exact) mass is 216 g/mol. The molecule has 0 bridgehead atoms. The Morgan fingerprint density at radius 3 is 2.44 bits per heavy atom. The number of aryl methyl sites for hydroxylation is 1. The Morgan fingerprint density at radius 1 is 1.19 bits per heavy atom. The van der Waals surface area contributed by atoms with Gasteiger partial charge in [-0.1, -0.05) is 39.0 Å². The summed E-state index contributed by atoms with van der Waals surface area (Å²) < 4.78 is 0. The predicted octanol–water partition coefficient (Wildman–Crippen LogP) is 3.52. The van der Waals surface area contributed by atoms with Gasteiger partial charge in [0.1, 0.15) is 0 Å². The molecule has 2 heteroatoms. The van der Waals surface area contributed by atoms with Crippen molar-refractivity contribution in [1.29, 1.82) is 0 Å². The molecule has 0 amide bonds. The van der Waals surface area contributed by atoms with Gasteiger partial charge in [-0.05, 0) is 24.0 Å². The molecule has 0 aliphatic carbocycles. The van der Waals surface area contributed by atoms with E-state index in [2.05, 4.69) is 50.9 Å². The summed E-state index contributed by atoms with van der Waals surface area (Å²) in [5.41, 5.74) is 10.1. The highest BCUT2D eigenvalue weighted by molar-refractivity contribution is 5.85. The number of nitrogens with one attached hydrogen (secondary N) is 1. The van der Waals surface area contributed by atoms with Crippen molar-refractivity contribution >= 4 is 10.9 Å². The van der Waals surface area contributed by atoms with Crippen LogP contribution in [0.2, 0.25) is 0 Å². The van der Waals surface area contributed by atoms with E-state index in [4.69, 9.17) is 5.73 Å². The van der Waals surface area contributed by atoms with Crippen LogP contribution < -0.4 is 5.73 Å².